The van der Waals surface area contributed by atoms with E-state index in [-0.39, 0.29) is 18.6 Å². The number of amides is 1. The standard InChI is InChI=1S/C25H25ClN2O5/c1-32-22(33-2)15-27(25(30)31)14-18-12-21(16-6-4-3-5-7-16)24(29)28-11-10-17-8-9-19(26)13-20(17)23(18)28/h3-9,12-13,22H,10-11,14-15H2,1-2H3,(H,30,31). The van der Waals surface area contributed by atoms with Gasteiger partial charge in [-0.2, -0.15) is 0 Å². The van der Waals surface area contributed by atoms with Crippen molar-refractivity contribution in [2.24, 2.45) is 0 Å². The lowest BCUT2D eigenvalue weighted by atomic mass is 9.92. The molecule has 1 aromatic heterocycles. The molecule has 0 saturated carbocycles. The first-order valence-electron chi connectivity index (χ1n) is 10.6. The zero-order valence-corrected chi connectivity index (χ0v) is 19.2. The number of nitrogens with zero attached hydrogens (tertiary/aromatic N) is 2. The number of methoxy groups -OCH3 is 2. The summed E-state index contributed by atoms with van der Waals surface area (Å²) in [5, 5.41) is 10.4. The molecule has 1 N–H and O–H groups in total. The van der Waals surface area contributed by atoms with Crippen molar-refractivity contribution in [2.75, 3.05) is 20.8 Å². The Hall–Kier alpha value is -3.13. The van der Waals surface area contributed by atoms with Crippen LogP contribution in [0.4, 0.5) is 4.79 Å². The molecule has 1 amide bonds. The maximum absolute atomic E-state index is 13.5. The Morgan fingerprint density at radius 2 is 1.85 bits per heavy atom. The Morgan fingerprint density at radius 3 is 2.52 bits per heavy atom. The van der Waals surface area contributed by atoms with Crippen LogP contribution in [0.5, 0.6) is 0 Å². The number of pyridine rings is 1. The van der Waals surface area contributed by atoms with E-state index in [0.29, 0.717) is 34.8 Å². The highest BCUT2D eigenvalue weighted by Crippen LogP contribution is 2.35. The van der Waals surface area contributed by atoms with E-state index in [1.807, 2.05) is 48.5 Å². The van der Waals surface area contributed by atoms with Crippen molar-refractivity contribution in [3.05, 3.63) is 81.1 Å². The maximum Gasteiger partial charge on any atom is 0.407 e. The minimum Gasteiger partial charge on any atom is -0.465 e. The normalized spacial score (nSPS) is 12.4. The number of halogens is 1. The molecule has 0 saturated heterocycles. The van der Waals surface area contributed by atoms with Crippen molar-refractivity contribution in [1.82, 2.24) is 9.47 Å². The van der Waals surface area contributed by atoms with Crippen molar-refractivity contribution >= 4 is 17.7 Å². The molecule has 0 bridgehead atoms. The zero-order chi connectivity index (χ0) is 23.5. The minimum atomic E-state index is -1.11. The van der Waals surface area contributed by atoms with Crippen LogP contribution in [0.2, 0.25) is 5.02 Å². The summed E-state index contributed by atoms with van der Waals surface area (Å²) in [5.41, 5.74) is 4.52. The van der Waals surface area contributed by atoms with Gasteiger partial charge in [-0.05, 0) is 41.3 Å². The molecule has 0 unspecified atom stereocenters. The number of aryl methyl sites for hydroxylation is 1. The summed E-state index contributed by atoms with van der Waals surface area (Å²) in [6.45, 7) is 0.576. The first kappa shape index (κ1) is 23.0. The summed E-state index contributed by atoms with van der Waals surface area (Å²) in [6.07, 6.45) is -1.13. The van der Waals surface area contributed by atoms with Crippen LogP contribution >= 0.6 is 11.6 Å². The van der Waals surface area contributed by atoms with E-state index in [4.69, 9.17) is 21.1 Å². The van der Waals surface area contributed by atoms with Gasteiger partial charge in [0.05, 0.1) is 18.8 Å². The quantitative estimate of drug-likeness (QED) is 0.517. The molecule has 172 valence electrons. The molecular formula is C25H25ClN2O5. The summed E-state index contributed by atoms with van der Waals surface area (Å²) in [5.74, 6) is 0. The van der Waals surface area contributed by atoms with Gasteiger partial charge in [0.25, 0.3) is 5.56 Å². The predicted molar refractivity (Wildman–Crippen MR) is 127 cm³/mol. The van der Waals surface area contributed by atoms with Crippen molar-refractivity contribution in [3.8, 4) is 22.4 Å². The van der Waals surface area contributed by atoms with Crippen molar-refractivity contribution < 1.29 is 19.4 Å². The van der Waals surface area contributed by atoms with Gasteiger partial charge in [0, 0.05) is 36.9 Å². The fraction of sp³-hybridized carbons (Fsp3) is 0.280. The molecule has 0 spiro atoms. The van der Waals surface area contributed by atoms with Crippen LogP contribution in [0.1, 0.15) is 11.1 Å². The molecule has 4 rings (SSSR count). The van der Waals surface area contributed by atoms with Crippen LogP contribution in [0.3, 0.4) is 0 Å². The molecule has 2 heterocycles. The Labute approximate surface area is 196 Å². The highest BCUT2D eigenvalue weighted by atomic mass is 35.5. The second kappa shape index (κ2) is 9.79. The molecule has 0 radical (unpaired) electrons. The largest absolute Gasteiger partial charge is 0.465 e. The lowest BCUT2D eigenvalue weighted by molar-refractivity contribution is -0.113. The summed E-state index contributed by atoms with van der Waals surface area (Å²) < 4.78 is 12.2. The monoisotopic (exact) mass is 468 g/mol. The summed E-state index contributed by atoms with van der Waals surface area (Å²) in [7, 11) is 2.92. The highest BCUT2D eigenvalue weighted by Gasteiger charge is 2.26. The molecule has 1 aliphatic heterocycles. The van der Waals surface area contributed by atoms with Gasteiger partial charge >= 0.3 is 6.09 Å². The van der Waals surface area contributed by atoms with Crippen LogP contribution < -0.4 is 5.56 Å². The number of ether oxygens (including phenoxy) is 2. The Kier molecular flexibility index (Phi) is 6.83. The predicted octanol–water partition coefficient (Wildman–Crippen LogP) is 4.49. The van der Waals surface area contributed by atoms with E-state index >= 15 is 0 Å². The van der Waals surface area contributed by atoms with Crippen LogP contribution in [-0.4, -0.2) is 47.7 Å². The Morgan fingerprint density at radius 1 is 1.12 bits per heavy atom. The van der Waals surface area contributed by atoms with Crippen LogP contribution in [0.15, 0.2) is 59.4 Å². The van der Waals surface area contributed by atoms with Crippen LogP contribution in [-0.2, 0) is 29.0 Å². The average molecular weight is 469 g/mol. The van der Waals surface area contributed by atoms with Gasteiger partial charge in [0.1, 0.15) is 0 Å². The second-order valence-electron chi connectivity index (χ2n) is 7.87. The molecule has 1 aliphatic rings. The fourth-order valence-electron chi connectivity index (χ4n) is 4.26. The first-order chi connectivity index (χ1) is 15.9. The average Bonchev–Trinajstić information content (AvgIpc) is 2.83. The van der Waals surface area contributed by atoms with E-state index in [0.717, 1.165) is 16.7 Å². The van der Waals surface area contributed by atoms with Crippen LogP contribution in [0.25, 0.3) is 22.4 Å². The molecule has 33 heavy (non-hydrogen) atoms. The van der Waals surface area contributed by atoms with E-state index in [1.165, 1.54) is 19.1 Å². The maximum atomic E-state index is 13.5. The number of carbonyl (C=O) groups is 1. The van der Waals surface area contributed by atoms with Crippen LogP contribution in [0, 0.1) is 0 Å². The van der Waals surface area contributed by atoms with E-state index < -0.39 is 12.4 Å². The number of carboxylic acid groups (broad SMARTS) is 1. The van der Waals surface area contributed by atoms with Crippen molar-refractivity contribution in [3.63, 3.8) is 0 Å². The molecule has 2 aromatic carbocycles. The fourth-order valence-corrected chi connectivity index (χ4v) is 4.43. The molecule has 7 nitrogen and oxygen atoms in total. The third-order valence-corrected chi connectivity index (χ3v) is 6.15. The zero-order valence-electron chi connectivity index (χ0n) is 18.5. The molecule has 0 aliphatic carbocycles. The summed E-state index contributed by atoms with van der Waals surface area (Å²) in [6, 6.07) is 16.8. The first-order valence-corrected chi connectivity index (χ1v) is 10.9. The summed E-state index contributed by atoms with van der Waals surface area (Å²) >= 11 is 6.30. The topological polar surface area (TPSA) is 81.0 Å². The number of hydrogen-bond donors (Lipinski definition) is 1. The third kappa shape index (κ3) is 4.66. The van der Waals surface area contributed by atoms with E-state index in [2.05, 4.69) is 0 Å². The number of aromatic nitrogens is 1. The Balaban J connectivity index is 1.91. The van der Waals surface area contributed by atoms with Gasteiger partial charge in [0.2, 0.25) is 0 Å². The number of benzene rings is 2. The molecular weight excluding hydrogens is 444 g/mol. The van der Waals surface area contributed by atoms with E-state index in [9.17, 15) is 14.7 Å². The SMILES string of the molecule is COC(CN(Cc1cc(-c2ccccc2)c(=O)n2c1-c1cc(Cl)ccc1CC2)C(=O)O)OC. The molecule has 8 heteroatoms. The third-order valence-electron chi connectivity index (χ3n) is 5.91. The highest BCUT2D eigenvalue weighted by molar-refractivity contribution is 6.30. The van der Waals surface area contributed by atoms with E-state index in [1.54, 1.807) is 10.6 Å². The number of rotatable bonds is 7. The van der Waals surface area contributed by atoms with Gasteiger partial charge in [-0.15, -0.1) is 0 Å². The lowest BCUT2D eigenvalue weighted by Crippen LogP contribution is -2.38. The van der Waals surface area contributed by atoms with Gasteiger partial charge in [-0.3, -0.25) is 9.69 Å². The van der Waals surface area contributed by atoms with Gasteiger partial charge in [-0.25, -0.2) is 4.79 Å². The van der Waals surface area contributed by atoms with Crippen molar-refractivity contribution in [1.29, 1.82) is 0 Å². The van der Waals surface area contributed by atoms with Gasteiger partial charge in [-0.1, -0.05) is 48.0 Å². The van der Waals surface area contributed by atoms with Gasteiger partial charge in [0.15, 0.2) is 6.29 Å². The smallest absolute Gasteiger partial charge is 0.407 e. The molecule has 0 atom stereocenters. The van der Waals surface area contributed by atoms with Gasteiger partial charge < -0.3 is 19.1 Å². The summed E-state index contributed by atoms with van der Waals surface area (Å²) in [4.78, 5) is 26.8. The minimum absolute atomic E-state index is 0.0178. The molecule has 0 fully saturated rings. The Bertz CT molecular complexity index is 1220. The number of hydrogen-bond acceptors (Lipinski definition) is 4. The second-order valence-corrected chi connectivity index (χ2v) is 8.31. The number of fused-ring (bicyclic) bond motifs is 3. The molecule has 3 aromatic rings. The lowest BCUT2D eigenvalue weighted by Gasteiger charge is -2.29. The van der Waals surface area contributed by atoms with Crippen molar-refractivity contribution in [2.45, 2.75) is 25.8 Å².